The van der Waals surface area contributed by atoms with Gasteiger partial charge in [0.2, 0.25) is 5.91 Å². The number of likely N-dealkylation sites (N-methyl/N-ethyl adjacent to an activating group) is 1. The molecule has 3 rings (SSSR count). The van der Waals surface area contributed by atoms with Crippen molar-refractivity contribution in [2.75, 3.05) is 7.05 Å². The maximum Gasteiger partial charge on any atom is 0.315 e. The van der Waals surface area contributed by atoms with Crippen LogP contribution in [-0.2, 0) is 17.9 Å². The zero-order valence-electron chi connectivity index (χ0n) is 15.0. The number of urea groups is 1. The van der Waals surface area contributed by atoms with Crippen LogP contribution in [0.2, 0.25) is 0 Å². The van der Waals surface area contributed by atoms with Crippen molar-refractivity contribution < 1.29 is 9.59 Å². The molecule has 6 heteroatoms. The normalized spacial score (nSPS) is 15.4. The molecule has 1 aromatic carbocycles. The van der Waals surface area contributed by atoms with Crippen LogP contribution in [0.3, 0.4) is 0 Å². The summed E-state index contributed by atoms with van der Waals surface area (Å²) in [5.41, 5.74) is 0.247. The molecule has 0 radical (unpaired) electrons. The Kier molecular flexibility index (Phi) is 5.93. The highest BCUT2D eigenvalue weighted by Gasteiger charge is 2.44. The summed E-state index contributed by atoms with van der Waals surface area (Å²) in [5, 5.41) is 7.86. The molecule has 1 fully saturated rings. The second-order valence-electron chi connectivity index (χ2n) is 6.82. The summed E-state index contributed by atoms with van der Waals surface area (Å²) in [5.74, 6) is -0.00161. The number of carbonyl (C=O) groups excluding carboxylic acids is 2. The Morgan fingerprint density at radius 2 is 1.85 bits per heavy atom. The Balaban J connectivity index is 1.61. The van der Waals surface area contributed by atoms with Crippen LogP contribution in [0.4, 0.5) is 4.79 Å². The minimum Gasteiger partial charge on any atom is -0.339 e. The summed E-state index contributed by atoms with van der Waals surface area (Å²) < 4.78 is 0. The van der Waals surface area contributed by atoms with E-state index in [0.717, 1.165) is 23.3 Å². The third-order valence-electron chi connectivity index (χ3n) is 4.83. The van der Waals surface area contributed by atoms with Crippen molar-refractivity contribution in [1.29, 1.82) is 0 Å². The number of hydrogen-bond donors (Lipinski definition) is 2. The maximum absolute atomic E-state index is 13.1. The van der Waals surface area contributed by atoms with Crippen LogP contribution in [-0.4, -0.2) is 29.4 Å². The zero-order valence-corrected chi connectivity index (χ0v) is 15.8. The minimum atomic E-state index is -0.785. The summed E-state index contributed by atoms with van der Waals surface area (Å²) >= 11 is 1.64. The predicted molar refractivity (Wildman–Crippen MR) is 104 cm³/mol. The van der Waals surface area contributed by atoms with Gasteiger partial charge in [-0.05, 0) is 29.9 Å². The molecular formula is C20H25N3O2S. The predicted octanol–water partition coefficient (Wildman–Crippen LogP) is 3.52. The van der Waals surface area contributed by atoms with E-state index in [1.54, 1.807) is 16.2 Å². The minimum absolute atomic E-state index is 0.00161. The van der Waals surface area contributed by atoms with Crippen molar-refractivity contribution in [3.05, 3.63) is 58.3 Å². The Hall–Kier alpha value is -2.34. The lowest BCUT2D eigenvalue weighted by atomic mass is 9.95. The first kappa shape index (κ1) is 18.5. The third-order valence-corrected chi connectivity index (χ3v) is 5.70. The van der Waals surface area contributed by atoms with Gasteiger partial charge in [0.05, 0.1) is 6.54 Å². The third kappa shape index (κ3) is 4.43. The Morgan fingerprint density at radius 1 is 1.12 bits per heavy atom. The lowest BCUT2D eigenvalue weighted by Crippen LogP contribution is -2.59. The van der Waals surface area contributed by atoms with Crippen molar-refractivity contribution in [2.24, 2.45) is 0 Å². The zero-order chi connectivity index (χ0) is 18.4. The molecule has 1 aliphatic rings. The topological polar surface area (TPSA) is 61.4 Å². The van der Waals surface area contributed by atoms with Crippen LogP contribution < -0.4 is 10.6 Å². The first-order valence-corrected chi connectivity index (χ1v) is 9.85. The number of amides is 3. The van der Waals surface area contributed by atoms with Gasteiger partial charge in [-0.1, -0.05) is 49.2 Å². The SMILES string of the molecule is CN(Cc1cccs1)C(=O)C1(NC(=O)NCc2ccccc2)CCCC1. The van der Waals surface area contributed by atoms with E-state index >= 15 is 0 Å². The fraction of sp³-hybridized carbons (Fsp3) is 0.400. The Labute approximate surface area is 158 Å². The molecule has 0 spiro atoms. The molecule has 1 aromatic heterocycles. The number of nitrogens with one attached hydrogen (secondary N) is 2. The summed E-state index contributed by atoms with van der Waals surface area (Å²) in [6.45, 7) is 1.02. The van der Waals surface area contributed by atoms with Gasteiger partial charge in [0.1, 0.15) is 5.54 Å². The second kappa shape index (κ2) is 8.36. The number of benzene rings is 1. The first-order chi connectivity index (χ1) is 12.6. The average molecular weight is 372 g/mol. The highest BCUT2D eigenvalue weighted by molar-refractivity contribution is 7.09. The molecule has 0 unspecified atom stereocenters. The molecule has 26 heavy (non-hydrogen) atoms. The van der Waals surface area contributed by atoms with Crippen molar-refractivity contribution in [3.63, 3.8) is 0 Å². The summed E-state index contributed by atoms with van der Waals surface area (Å²) in [7, 11) is 1.81. The van der Waals surface area contributed by atoms with Crippen LogP contribution in [0.1, 0.15) is 36.1 Å². The van der Waals surface area contributed by atoms with E-state index in [-0.39, 0.29) is 11.9 Å². The van der Waals surface area contributed by atoms with Gasteiger partial charge >= 0.3 is 6.03 Å². The molecule has 1 heterocycles. The monoisotopic (exact) mass is 371 g/mol. The number of hydrogen-bond acceptors (Lipinski definition) is 3. The fourth-order valence-electron chi connectivity index (χ4n) is 3.48. The maximum atomic E-state index is 13.1. The highest BCUT2D eigenvalue weighted by Crippen LogP contribution is 2.32. The van der Waals surface area contributed by atoms with Crippen LogP contribution in [0.15, 0.2) is 47.8 Å². The quantitative estimate of drug-likeness (QED) is 0.816. The molecule has 0 atom stereocenters. The largest absolute Gasteiger partial charge is 0.339 e. The van der Waals surface area contributed by atoms with Gasteiger partial charge in [-0.3, -0.25) is 4.79 Å². The number of carbonyl (C=O) groups is 2. The molecule has 3 amide bonds. The Morgan fingerprint density at radius 3 is 2.50 bits per heavy atom. The number of rotatable bonds is 6. The van der Waals surface area contributed by atoms with E-state index in [2.05, 4.69) is 10.6 Å². The molecular weight excluding hydrogens is 346 g/mol. The van der Waals surface area contributed by atoms with Crippen molar-refractivity contribution in [3.8, 4) is 0 Å². The van der Waals surface area contributed by atoms with Crippen LogP contribution in [0, 0.1) is 0 Å². The van der Waals surface area contributed by atoms with E-state index in [0.29, 0.717) is 25.9 Å². The summed E-state index contributed by atoms with van der Waals surface area (Å²) in [4.78, 5) is 28.4. The molecule has 1 saturated carbocycles. The van der Waals surface area contributed by atoms with E-state index in [9.17, 15) is 9.59 Å². The van der Waals surface area contributed by atoms with E-state index in [4.69, 9.17) is 0 Å². The molecule has 138 valence electrons. The molecule has 2 aromatic rings. The lowest BCUT2D eigenvalue weighted by Gasteiger charge is -2.33. The van der Waals surface area contributed by atoms with Gasteiger partial charge in [0, 0.05) is 18.5 Å². The van der Waals surface area contributed by atoms with Gasteiger partial charge in [0.25, 0.3) is 0 Å². The number of nitrogens with zero attached hydrogens (tertiary/aromatic N) is 1. The van der Waals surface area contributed by atoms with Gasteiger partial charge in [-0.15, -0.1) is 11.3 Å². The molecule has 1 aliphatic carbocycles. The van der Waals surface area contributed by atoms with Gasteiger partial charge in [-0.25, -0.2) is 4.79 Å². The standard InChI is InChI=1S/C20H25N3O2S/c1-23(15-17-10-7-13-26-17)18(24)20(11-5-6-12-20)22-19(25)21-14-16-8-3-2-4-9-16/h2-4,7-10,13H,5-6,11-12,14-15H2,1H3,(H2,21,22,25). The van der Waals surface area contributed by atoms with Crippen LogP contribution in [0.25, 0.3) is 0 Å². The fourth-order valence-corrected chi connectivity index (χ4v) is 4.24. The van der Waals surface area contributed by atoms with Crippen molar-refractivity contribution >= 4 is 23.3 Å². The molecule has 5 nitrogen and oxygen atoms in total. The average Bonchev–Trinajstić information content (AvgIpc) is 3.33. The van der Waals surface area contributed by atoms with Crippen LogP contribution in [0.5, 0.6) is 0 Å². The van der Waals surface area contributed by atoms with Gasteiger partial charge in [-0.2, -0.15) is 0 Å². The first-order valence-electron chi connectivity index (χ1n) is 8.97. The smallest absolute Gasteiger partial charge is 0.315 e. The van der Waals surface area contributed by atoms with E-state index in [1.165, 1.54) is 0 Å². The summed E-state index contributed by atoms with van der Waals surface area (Å²) in [6.07, 6.45) is 3.30. The second-order valence-corrected chi connectivity index (χ2v) is 7.86. The van der Waals surface area contributed by atoms with Crippen molar-refractivity contribution in [1.82, 2.24) is 15.5 Å². The van der Waals surface area contributed by atoms with Crippen molar-refractivity contribution in [2.45, 2.75) is 44.3 Å². The lowest BCUT2D eigenvalue weighted by molar-refractivity contribution is -0.137. The van der Waals surface area contributed by atoms with Gasteiger partial charge in [0.15, 0.2) is 0 Å². The highest BCUT2D eigenvalue weighted by atomic mass is 32.1. The molecule has 0 aliphatic heterocycles. The number of thiophene rings is 1. The van der Waals surface area contributed by atoms with E-state index in [1.807, 2.05) is 54.9 Å². The Bertz CT molecular complexity index is 725. The molecule has 0 bridgehead atoms. The molecule has 0 saturated heterocycles. The van der Waals surface area contributed by atoms with E-state index < -0.39 is 5.54 Å². The summed E-state index contributed by atoms with van der Waals surface area (Å²) in [6, 6.07) is 13.5. The molecule has 2 N–H and O–H groups in total. The van der Waals surface area contributed by atoms with Gasteiger partial charge < -0.3 is 15.5 Å². The van der Waals surface area contributed by atoms with Crippen LogP contribution >= 0.6 is 11.3 Å².